The average molecular weight is 728 g/mol. The van der Waals surface area contributed by atoms with Gasteiger partial charge in [0.25, 0.3) is 11.1 Å². The first-order valence-electron chi connectivity index (χ1n) is 18.6. The van der Waals surface area contributed by atoms with Crippen molar-refractivity contribution in [2.75, 3.05) is 52.5 Å². The second kappa shape index (κ2) is 17.0. The van der Waals surface area contributed by atoms with E-state index in [4.69, 9.17) is 15.2 Å². The standard InChI is InChI=1S/C24H27FN4O3.C16H20FN3O/c25-18-3-1-17-2-4-24(30)29(21(17)13-18)10-9-28-7-5-19(6-8-28)26-15-20-14-22-23(16-27-20)32-12-11-31-22;17-13-3-1-12-2-4-16(21)20(15(12)11-13)10-9-19-7-5-14(18)6-8-19/h1-4,13-14,16,19,26H,5-12,15H2;1-4,11,14H,5-10,18H2. The van der Waals surface area contributed by atoms with Gasteiger partial charge in [-0.2, -0.15) is 0 Å². The van der Waals surface area contributed by atoms with Gasteiger partial charge in [0, 0.05) is 63.0 Å². The van der Waals surface area contributed by atoms with Crippen molar-refractivity contribution < 1.29 is 18.3 Å². The number of aromatic nitrogens is 3. The zero-order valence-electron chi connectivity index (χ0n) is 29.9. The van der Waals surface area contributed by atoms with Crippen molar-refractivity contribution in [3.8, 4) is 11.5 Å². The number of halogens is 2. The molecule has 0 aliphatic carbocycles. The molecule has 0 bridgehead atoms. The average Bonchev–Trinajstić information content (AvgIpc) is 3.17. The largest absolute Gasteiger partial charge is 0.486 e. The Morgan fingerprint density at radius 3 is 1.75 bits per heavy atom. The highest BCUT2D eigenvalue weighted by Crippen LogP contribution is 2.29. The number of nitrogens with one attached hydrogen (secondary N) is 1. The van der Waals surface area contributed by atoms with Crippen molar-refractivity contribution >= 4 is 21.8 Å². The van der Waals surface area contributed by atoms with Crippen LogP contribution in [-0.2, 0) is 19.6 Å². The lowest BCUT2D eigenvalue weighted by Gasteiger charge is -2.32. The molecular weight excluding hydrogens is 680 g/mol. The van der Waals surface area contributed by atoms with E-state index in [0.29, 0.717) is 61.7 Å². The molecule has 11 nitrogen and oxygen atoms in total. The molecule has 3 aliphatic rings. The van der Waals surface area contributed by atoms with Gasteiger partial charge in [-0.25, -0.2) is 8.78 Å². The van der Waals surface area contributed by atoms with E-state index in [2.05, 4.69) is 20.1 Å². The number of hydrogen-bond donors (Lipinski definition) is 2. The molecule has 8 rings (SSSR count). The molecule has 0 radical (unpaired) electrons. The van der Waals surface area contributed by atoms with Crippen LogP contribution in [0.5, 0.6) is 11.5 Å². The summed E-state index contributed by atoms with van der Waals surface area (Å²) in [7, 11) is 0. The monoisotopic (exact) mass is 727 g/mol. The fourth-order valence-electron chi connectivity index (χ4n) is 7.34. The number of rotatable bonds is 9. The lowest BCUT2D eigenvalue weighted by atomic mass is 10.0. The van der Waals surface area contributed by atoms with Crippen LogP contribution in [0, 0.1) is 11.6 Å². The molecule has 6 heterocycles. The Bertz CT molecular complexity index is 2140. The van der Waals surface area contributed by atoms with Crippen molar-refractivity contribution in [2.45, 2.75) is 57.4 Å². The van der Waals surface area contributed by atoms with Crippen LogP contribution in [-0.4, -0.2) is 88.5 Å². The fourth-order valence-corrected chi connectivity index (χ4v) is 7.34. The zero-order valence-corrected chi connectivity index (χ0v) is 29.9. The van der Waals surface area contributed by atoms with Crippen molar-refractivity contribution in [3.05, 3.63) is 111 Å². The third-order valence-electron chi connectivity index (χ3n) is 10.5. The summed E-state index contributed by atoms with van der Waals surface area (Å²) in [5.74, 6) is 0.838. The number of benzene rings is 2. The van der Waals surface area contributed by atoms with Crippen molar-refractivity contribution in [1.82, 2.24) is 29.2 Å². The highest BCUT2D eigenvalue weighted by Gasteiger charge is 2.20. The first kappa shape index (κ1) is 36.7. The second-order valence-corrected chi connectivity index (χ2v) is 14.0. The lowest BCUT2D eigenvalue weighted by molar-refractivity contribution is 0.170. The number of pyridine rings is 3. The topological polar surface area (TPSA) is 120 Å². The molecule has 5 aromatic rings. The molecule has 13 heteroatoms. The minimum atomic E-state index is -0.323. The third-order valence-corrected chi connectivity index (χ3v) is 10.5. The molecule has 3 aromatic heterocycles. The molecule has 3 aliphatic heterocycles. The molecule has 2 fully saturated rings. The Kier molecular flexibility index (Phi) is 11.7. The second-order valence-electron chi connectivity index (χ2n) is 14.0. The maximum atomic E-state index is 13.7. The van der Waals surface area contributed by atoms with Gasteiger partial charge in [0.1, 0.15) is 24.8 Å². The van der Waals surface area contributed by atoms with Crippen molar-refractivity contribution in [1.29, 1.82) is 0 Å². The molecule has 0 atom stereocenters. The van der Waals surface area contributed by atoms with Crippen molar-refractivity contribution in [3.63, 3.8) is 0 Å². The number of likely N-dealkylation sites (tertiary alicyclic amines) is 2. The van der Waals surface area contributed by atoms with Gasteiger partial charge in [-0.1, -0.05) is 0 Å². The predicted molar refractivity (Wildman–Crippen MR) is 202 cm³/mol. The van der Waals surface area contributed by atoms with E-state index >= 15 is 0 Å². The number of nitrogens with zero attached hydrogens (tertiary/aromatic N) is 5. The Morgan fingerprint density at radius 2 is 1.19 bits per heavy atom. The number of fused-ring (bicyclic) bond motifs is 3. The van der Waals surface area contributed by atoms with Gasteiger partial charge in [-0.05, 0) is 111 Å². The van der Waals surface area contributed by atoms with E-state index < -0.39 is 0 Å². The van der Waals surface area contributed by atoms with Gasteiger partial charge in [-0.15, -0.1) is 0 Å². The van der Waals surface area contributed by atoms with Gasteiger partial charge >= 0.3 is 0 Å². The SMILES string of the molecule is NC1CCN(CCn2c(=O)ccc3ccc(F)cc32)CC1.O=c1ccc2ccc(F)cc2n1CCN1CCC(NCc2cc3c(cn2)OCCO3)CC1. The summed E-state index contributed by atoms with van der Waals surface area (Å²) in [6, 6.07) is 18.4. The summed E-state index contributed by atoms with van der Waals surface area (Å²) in [4.78, 5) is 33.6. The number of piperidine rings is 2. The summed E-state index contributed by atoms with van der Waals surface area (Å²) >= 11 is 0. The molecular formula is C40H47F2N7O4. The third kappa shape index (κ3) is 9.28. The van der Waals surface area contributed by atoms with E-state index in [0.717, 1.165) is 87.2 Å². The van der Waals surface area contributed by atoms with Gasteiger partial charge in [0.05, 0.1) is 22.9 Å². The minimum Gasteiger partial charge on any atom is -0.486 e. The molecule has 3 N–H and O–H groups in total. The van der Waals surface area contributed by atoms with Gasteiger partial charge in [0.15, 0.2) is 11.5 Å². The molecule has 0 spiro atoms. The normalized spacial score (nSPS) is 17.2. The fraction of sp³-hybridized carbons (Fsp3) is 0.425. The molecule has 2 saturated heterocycles. The molecule has 0 amide bonds. The lowest BCUT2D eigenvalue weighted by Crippen LogP contribution is -2.43. The minimum absolute atomic E-state index is 0.0817. The number of nitrogens with two attached hydrogens (primary N) is 1. The molecule has 2 aromatic carbocycles. The quantitative estimate of drug-likeness (QED) is 0.231. The Labute approximate surface area is 306 Å². The predicted octanol–water partition coefficient (Wildman–Crippen LogP) is 4.12. The molecule has 0 saturated carbocycles. The first-order valence-corrected chi connectivity index (χ1v) is 18.6. The van der Waals surface area contributed by atoms with Gasteiger partial charge < -0.3 is 39.5 Å². The summed E-state index contributed by atoms with van der Waals surface area (Å²) in [5.41, 5.74) is 7.98. The molecule has 53 heavy (non-hydrogen) atoms. The Hall–Kier alpha value is -4.69. The summed E-state index contributed by atoms with van der Waals surface area (Å²) < 4.78 is 41.7. The zero-order chi connectivity index (χ0) is 36.7. The number of ether oxygens (including phenoxy) is 2. The van der Waals surface area contributed by atoms with E-state index in [1.165, 1.54) is 24.3 Å². The van der Waals surface area contributed by atoms with E-state index in [1.54, 1.807) is 51.7 Å². The van der Waals surface area contributed by atoms with Crippen LogP contribution in [0.1, 0.15) is 31.4 Å². The molecule has 0 unspecified atom stereocenters. The Balaban J connectivity index is 0.000000179. The van der Waals surface area contributed by atoms with Crippen molar-refractivity contribution in [2.24, 2.45) is 5.73 Å². The van der Waals surface area contributed by atoms with Crippen LogP contribution in [0.2, 0.25) is 0 Å². The Morgan fingerprint density at radius 1 is 0.679 bits per heavy atom. The van der Waals surface area contributed by atoms with Crippen LogP contribution in [0.3, 0.4) is 0 Å². The van der Waals surface area contributed by atoms with Gasteiger partial charge in [0.2, 0.25) is 0 Å². The maximum absolute atomic E-state index is 13.7. The highest BCUT2D eigenvalue weighted by atomic mass is 19.1. The van der Waals surface area contributed by atoms with Crippen LogP contribution >= 0.6 is 0 Å². The van der Waals surface area contributed by atoms with Crippen LogP contribution in [0.25, 0.3) is 21.8 Å². The highest BCUT2D eigenvalue weighted by molar-refractivity contribution is 5.79. The summed E-state index contributed by atoms with van der Waals surface area (Å²) in [6.07, 6.45) is 5.79. The maximum Gasteiger partial charge on any atom is 0.251 e. The van der Waals surface area contributed by atoms with E-state index in [1.807, 2.05) is 6.07 Å². The summed E-state index contributed by atoms with van der Waals surface area (Å²) in [5, 5.41) is 5.36. The smallest absolute Gasteiger partial charge is 0.251 e. The van der Waals surface area contributed by atoms with E-state index in [9.17, 15) is 18.4 Å². The van der Waals surface area contributed by atoms with Crippen LogP contribution < -0.4 is 31.6 Å². The van der Waals surface area contributed by atoms with Gasteiger partial charge in [-0.3, -0.25) is 14.6 Å². The van der Waals surface area contributed by atoms with Crippen LogP contribution in [0.15, 0.2) is 82.5 Å². The number of hydrogen-bond acceptors (Lipinski definition) is 9. The van der Waals surface area contributed by atoms with E-state index in [-0.39, 0.29) is 22.8 Å². The first-order chi connectivity index (χ1) is 25.8. The summed E-state index contributed by atoms with van der Waals surface area (Å²) in [6.45, 7) is 8.38. The van der Waals surface area contributed by atoms with Crippen LogP contribution in [0.4, 0.5) is 8.78 Å². The molecule has 280 valence electrons.